The fraction of sp³-hybridized carbons (Fsp3) is 0.680. The van der Waals surface area contributed by atoms with Gasteiger partial charge in [-0.3, -0.25) is 9.59 Å². The Bertz CT molecular complexity index is 718. The van der Waals surface area contributed by atoms with Crippen LogP contribution in [-0.2, 0) is 16.0 Å². The van der Waals surface area contributed by atoms with E-state index >= 15 is 0 Å². The highest BCUT2D eigenvalue weighted by molar-refractivity contribution is 5.91. The largest absolute Gasteiger partial charge is 0.338 e. The molecule has 166 valence electrons. The molecule has 1 aromatic rings. The number of ketones is 1. The fourth-order valence-corrected chi connectivity index (χ4v) is 5.04. The minimum absolute atomic E-state index is 0.108. The van der Waals surface area contributed by atoms with E-state index in [0.29, 0.717) is 12.3 Å². The van der Waals surface area contributed by atoms with Gasteiger partial charge in [0.1, 0.15) is 0 Å². The van der Waals surface area contributed by atoms with E-state index in [1.807, 2.05) is 20.8 Å². The van der Waals surface area contributed by atoms with Crippen LogP contribution in [0.2, 0.25) is 0 Å². The molecule has 1 N–H and O–H groups in total. The summed E-state index contributed by atoms with van der Waals surface area (Å²) in [6, 6.07) is 10.7. The predicted molar refractivity (Wildman–Crippen MR) is 121 cm³/mol. The minimum Gasteiger partial charge on any atom is -0.338 e. The molecular weight excluding hydrogens is 374 g/mol. The number of likely N-dealkylation sites (tertiary alicyclic amines) is 2. The summed E-state index contributed by atoms with van der Waals surface area (Å²) in [7, 11) is 1.79. The molecule has 5 nitrogen and oxygen atoms in total. The second-order valence-corrected chi connectivity index (χ2v) is 9.83. The van der Waals surface area contributed by atoms with Crippen LogP contribution in [-0.4, -0.2) is 66.8 Å². The molecule has 1 aromatic carbocycles. The summed E-state index contributed by atoms with van der Waals surface area (Å²) in [5.74, 6) is 0.854. The van der Waals surface area contributed by atoms with Crippen LogP contribution < -0.4 is 5.32 Å². The van der Waals surface area contributed by atoms with E-state index in [-0.39, 0.29) is 23.8 Å². The monoisotopic (exact) mass is 413 g/mol. The molecule has 30 heavy (non-hydrogen) atoms. The molecule has 0 unspecified atom stereocenters. The smallest absolute Gasteiger partial charge is 0.228 e. The van der Waals surface area contributed by atoms with Gasteiger partial charge in [0.2, 0.25) is 5.91 Å². The summed E-state index contributed by atoms with van der Waals surface area (Å²) in [5, 5.41) is 3.00. The van der Waals surface area contributed by atoms with Crippen molar-refractivity contribution in [3.63, 3.8) is 0 Å². The number of amides is 1. The maximum absolute atomic E-state index is 13.5. The lowest BCUT2D eigenvalue weighted by Crippen LogP contribution is -2.50. The van der Waals surface area contributed by atoms with Gasteiger partial charge in [-0.05, 0) is 57.7 Å². The maximum atomic E-state index is 13.5. The Labute approximate surface area is 182 Å². The number of fused-ring (bicyclic) bond motifs is 1. The molecule has 0 aliphatic carbocycles. The van der Waals surface area contributed by atoms with E-state index in [1.54, 1.807) is 7.05 Å². The Morgan fingerprint density at radius 3 is 2.60 bits per heavy atom. The molecule has 2 fully saturated rings. The Hall–Kier alpha value is -1.72. The topological polar surface area (TPSA) is 52.7 Å². The van der Waals surface area contributed by atoms with Crippen molar-refractivity contribution in [3.8, 4) is 0 Å². The highest BCUT2D eigenvalue weighted by atomic mass is 16.2. The third kappa shape index (κ3) is 5.50. The number of likely N-dealkylation sites (N-methyl/N-ethyl adjacent to an activating group) is 1. The third-order valence-electron chi connectivity index (χ3n) is 7.11. The number of carbonyl (C=O) groups is 2. The van der Waals surface area contributed by atoms with E-state index in [9.17, 15) is 9.59 Å². The molecule has 2 saturated heterocycles. The van der Waals surface area contributed by atoms with Crippen molar-refractivity contribution in [2.45, 2.75) is 65.0 Å². The number of hydrogen-bond acceptors (Lipinski definition) is 4. The van der Waals surface area contributed by atoms with Crippen LogP contribution in [0, 0.1) is 11.3 Å². The lowest BCUT2D eigenvalue weighted by molar-refractivity contribution is -0.144. The van der Waals surface area contributed by atoms with E-state index in [4.69, 9.17) is 0 Å². The van der Waals surface area contributed by atoms with Crippen LogP contribution in [0.1, 0.15) is 52.0 Å². The first-order valence-corrected chi connectivity index (χ1v) is 11.6. The van der Waals surface area contributed by atoms with Crippen LogP contribution in [0.3, 0.4) is 0 Å². The van der Waals surface area contributed by atoms with Crippen LogP contribution in [0.25, 0.3) is 0 Å². The normalized spacial score (nSPS) is 23.7. The molecule has 0 saturated carbocycles. The average molecular weight is 414 g/mol. The molecule has 2 aliphatic heterocycles. The molecule has 0 aromatic heterocycles. The standard InChI is InChI=1S/C25H39N3O2/c1-19(26-4)23(29)17-25(2,3)24(30)28-16-13-21-11-8-14-27(18-22(21)28)15-12-20-9-6-5-7-10-20/h5-7,9-10,19,21-22,26H,8,11-18H2,1-4H3/t19-,21+,22+/m0/s1. The first kappa shape index (κ1) is 23.0. The van der Waals surface area contributed by atoms with Crippen molar-refractivity contribution in [2.75, 3.05) is 33.2 Å². The molecule has 2 heterocycles. The predicted octanol–water partition coefficient (Wildman–Crippen LogP) is 3.14. The lowest BCUT2D eigenvalue weighted by atomic mass is 9.83. The third-order valence-corrected chi connectivity index (χ3v) is 7.11. The van der Waals surface area contributed by atoms with Gasteiger partial charge in [-0.25, -0.2) is 0 Å². The van der Waals surface area contributed by atoms with Crippen LogP contribution in [0.4, 0.5) is 0 Å². The van der Waals surface area contributed by atoms with E-state index in [2.05, 4.69) is 45.4 Å². The van der Waals surface area contributed by atoms with Crippen LogP contribution in [0.15, 0.2) is 30.3 Å². The minimum atomic E-state index is -0.655. The number of rotatable bonds is 8. The van der Waals surface area contributed by atoms with Crippen molar-refractivity contribution in [2.24, 2.45) is 11.3 Å². The second-order valence-electron chi connectivity index (χ2n) is 9.83. The van der Waals surface area contributed by atoms with Gasteiger partial charge in [0.25, 0.3) is 0 Å². The lowest BCUT2D eigenvalue weighted by Gasteiger charge is -2.36. The summed E-state index contributed by atoms with van der Waals surface area (Å²) in [6.07, 6.45) is 4.85. The van der Waals surface area contributed by atoms with Gasteiger partial charge in [-0.2, -0.15) is 0 Å². The highest BCUT2D eigenvalue weighted by Gasteiger charge is 2.44. The zero-order valence-electron chi connectivity index (χ0n) is 19.2. The molecule has 3 rings (SSSR count). The highest BCUT2D eigenvalue weighted by Crippen LogP contribution is 2.35. The summed E-state index contributed by atoms with van der Waals surface area (Å²) in [5.41, 5.74) is 0.717. The van der Waals surface area contributed by atoms with E-state index in [0.717, 1.165) is 39.0 Å². The van der Waals surface area contributed by atoms with Gasteiger partial charge >= 0.3 is 0 Å². The number of nitrogens with zero attached hydrogens (tertiary/aromatic N) is 2. The quantitative estimate of drug-likeness (QED) is 0.711. The Balaban J connectivity index is 1.64. The summed E-state index contributed by atoms with van der Waals surface area (Å²) >= 11 is 0. The number of carbonyl (C=O) groups excluding carboxylic acids is 2. The van der Waals surface area contributed by atoms with Crippen LogP contribution >= 0.6 is 0 Å². The zero-order chi connectivity index (χ0) is 21.7. The van der Waals surface area contributed by atoms with Crippen molar-refractivity contribution in [1.29, 1.82) is 0 Å². The summed E-state index contributed by atoms with van der Waals surface area (Å²) in [4.78, 5) is 30.6. The first-order valence-electron chi connectivity index (χ1n) is 11.6. The molecule has 3 atom stereocenters. The molecule has 2 aliphatic rings. The average Bonchev–Trinajstić information content (AvgIpc) is 3.01. The Kier molecular flexibility index (Phi) is 7.70. The number of Topliss-reactive ketones (excluding diaryl/α,β-unsaturated/α-hetero) is 1. The SMILES string of the molecule is CN[C@@H](C)C(=O)CC(C)(C)C(=O)N1CC[C@H]2CCCN(CCc3ccccc3)C[C@H]21. The van der Waals surface area contributed by atoms with Crippen molar-refractivity contribution in [1.82, 2.24) is 15.1 Å². The van der Waals surface area contributed by atoms with Gasteiger partial charge in [0, 0.05) is 32.1 Å². The molecule has 1 amide bonds. The zero-order valence-corrected chi connectivity index (χ0v) is 19.2. The summed E-state index contributed by atoms with van der Waals surface area (Å²) in [6.45, 7) is 9.69. The van der Waals surface area contributed by atoms with Gasteiger partial charge in [0.05, 0.1) is 11.5 Å². The number of benzene rings is 1. The maximum Gasteiger partial charge on any atom is 0.228 e. The molecule has 0 bridgehead atoms. The molecule has 5 heteroatoms. The van der Waals surface area contributed by atoms with E-state index in [1.165, 1.54) is 18.4 Å². The second kappa shape index (κ2) is 10.1. The fourth-order valence-electron chi connectivity index (χ4n) is 5.04. The summed E-state index contributed by atoms with van der Waals surface area (Å²) < 4.78 is 0. The van der Waals surface area contributed by atoms with Gasteiger partial charge < -0.3 is 15.1 Å². The Morgan fingerprint density at radius 1 is 1.17 bits per heavy atom. The van der Waals surface area contributed by atoms with Gasteiger partial charge in [-0.1, -0.05) is 44.2 Å². The van der Waals surface area contributed by atoms with E-state index < -0.39 is 5.41 Å². The van der Waals surface area contributed by atoms with Gasteiger partial charge in [0.15, 0.2) is 5.78 Å². The van der Waals surface area contributed by atoms with Crippen LogP contribution in [0.5, 0.6) is 0 Å². The van der Waals surface area contributed by atoms with Crippen molar-refractivity contribution < 1.29 is 9.59 Å². The Morgan fingerprint density at radius 2 is 1.90 bits per heavy atom. The van der Waals surface area contributed by atoms with Crippen molar-refractivity contribution >= 4 is 11.7 Å². The molecular formula is C25H39N3O2. The van der Waals surface area contributed by atoms with Crippen molar-refractivity contribution in [3.05, 3.63) is 35.9 Å². The number of nitrogens with one attached hydrogen (secondary N) is 1. The molecule has 0 radical (unpaired) electrons. The number of hydrogen-bond donors (Lipinski definition) is 1. The first-order chi connectivity index (χ1) is 14.3. The van der Waals surface area contributed by atoms with Gasteiger partial charge in [-0.15, -0.1) is 0 Å². The molecule has 0 spiro atoms.